The Balaban J connectivity index is 0.000000345. The van der Waals surface area contributed by atoms with Gasteiger partial charge in [-0.2, -0.15) is 13.2 Å². The van der Waals surface area contributed by atoms with Gasteiger partial charge in [-0.15, -0.1) is 10.2 Å². The molecule has 1 aromatic heterocycles. The molecule has 1 aromatic rings. The molecule has 2 fully saturated rings. The molecule has 14 heteroatoms. The Morgan fingerprint density at radius 1 is 1.43 bits per heavy atom. The number of alkyl halides is 3. The van der Waals surface area contributed by atoms with Crippen molar-refractivity contribution in [2.45, 2.75) is 31.5 Å². The summed E-state index contributed by atoms with van der Waals surface area (Å²) in [6.07, 6.45) is -2.08. The molecule has 1 spiro atoms. The number of aryl methyl sites for hydroxylation is 1. The average molecular weight is 446 g/mol. The van der Waals surface area contributed by atoms with E-state index in [1.807, 2.05) is 6.92 Å². The van der Waals surface area contributed by atoms with Crippen molar-refractivity contribution in [2.75, 3.05) is 37.4 Å². The molecule has 2 saturated heterocycles. The number of nitrogens with one attached hydrogen (secondary N) is 1. The molecule has 0 amide bonds. The first kappa shape index (κ1) is 22.8. The number of carbonyl (C=O) groups is 1. The lowest BCUT2D eigenvalue weighted by Crippen LogP contribution is -2.65. The van der Waals surface area contributed by atoms with Crippen LogP contribution in [0, 0.1) is 12.8 Å². The summed E-state index contributed by atoms with van der Waals surface area (Å²) in [4.78, 5) is 11.1. The van der Waals surface area contributed by atoms with Crippen LogP contribution in [0.3, 0.4) is 0 Å². The molecule has 0 aromatic carbocycles. The summed E-state index contributed by atoms with van der Waals surface area (Å²) < 4.78 is 62.5. The Morgan fingerprint density at radius 2 is 2.04 bits per heavy atom. The molecule has 2 aliphatic heterocycles. The zero-order chi connectivity index (χ0) is 21.2. The topological polar surface area (TPSA) is 122 Å². The van der Waals surface area contributed by atoms with Gasteiger partial charge in [0.1, 0.15) is 10.6 Å². The first-order chi connectivity index (χ1) is 12.8. The lowest BCUT2D eigenvalue weighted by molar-refractivity contribution is -0.192. The van der Waals surface area contributed by atoms with Crippen LogP contribution in [0.15, 0.2) is 0 Å². The van der Waals surface area contributed by atoms with E-state index in [1.54, 1.807) is 11.3 Å². The Labute approximate surface area is 163 Å². The fourth-order valence-electron chi connectivity index (χ4n) is 3.11. The fraction of sp³-hybridized carbons (Fsp3) is 0.786. The second-order valence-electron chi connectivity index (χ2n) is 6.62. The van der Waals surface area contributed by atoms with E-state index >= 15 is 0 Å². The second-order valence-corrected chi connectivity index (χ2v) is 9.61. The maximum atomic E-state index is 11.1. The average Bonchev–Trinajstić information content (AvgIpc) is 3.10. The molecule has 1 atom stereocenters. The summed E-state index contributed by atoms with van der Waals surface area (Å²) in [6.45, 7) is 4.83. The number of aliphatic carboxylic acids is 1. The van der Waals surface area contributed by atoms with Gasteiger partial charge in [0.25, 0.3) is 0 Å². The minimum atomic E-state index is -5.08. The Hall–Kier alpha value is -1.51. The monoisotopic (exact) mass is 446 g/mol. The van der Waals surface area contributed by atoms with Gasteiger partial charge in [0, 0.05) is 13.2 Å². The molecule has 0 saturated carbocycles. The summed E-state index contributed by atoms with van der Waals surface area (Å²) in [5.41, 5.74) is -0.126. The van der Waals surface area contributed by atoms with E-state index in [0.29, 0.717) is 12.5 Å². The summed E-state index contributed by atoms with van der Waals surface area (Å²) in [6, 6.07) is 0. The lowest BCUT2D eigenvalue weighted by atomic mass is 9.79. The van der Waals surface area contributed by atoms with Gasteiger partial charge in [-0.3, -0.25) is 0 Å². The van der Waals surface area contributed by atoms with Crippen LogP contribution in [0.4, 0.5) is 18.3 Å². The van der Waals surface area contributed by atoms with E-state index in [0.717, 1.165) is 42.7 Å². The molecule has 0 radical (unpaired) electrons. The maximum Gasteiger partial charge on any atom is 0.490 e. The second kappa shape index (κ2) is 8.47. The summed E-state index contributed by atoms with van der Waals surface area (Å²) >= 11 is 1.59. The standard InChI is InChI=1S/C12H20N4O3S2.C2HF3O2/c1-9-14-15-11(20-9)16-7-12(8-16)10(4-6-19-12)3-5-13-21(2,17)18;3-2(4,5)1(6)7/h10,13H,3-8H2,1-2H3;(H,6,7). The van der Waals surface area contributed by atoms with Gasteiger partial charge in [0.05, 0.1) is 19.3 Å². The van der Waals surface area contributed by atoms with Gasteiger partial charge in [0.15, 0.2) is 0 Å². The molecule has 2 N–H and O–H groups in total. The van der Waals surface area contributed by atoms with Gasteiger partial charge >= 0.3 is 12.1 Å². The number of sulfonamides is 1. The van der Waals surface area contributed by atoms with Crippen molar-refractivity contribution in [1.82, 2.24) is 14.9 Å². The van der Waals surface area contributed by atoms with Gasteiger partial charge in [-0.05, 0) is 25.7 Å². The van der Waals surface area contributed by atoms with Crippen LogP contribution in [-0.2, 0) is 19.6 Å². The van der Waals surface area contributed by atoms with Crippen LogP contribution >= 0.6 is 11.3 Å². The molecule has 1 unspecified atom stereocenters. The van der Waals surface area contributed by atoms with Crippen molar-refractivity contribution < 1.29 is 36.2 Å². The number of anilines is 1. The first-order valence-electron chi connectivity index (χ1n) is 8.26. The predicted molar refractivity (Wildman–Crippen MR) is 94.8 cm³/mol. The Bertz CT molecular complexity index is 793. The number of halogens is 3. The molecule has 2 aliphatic rings. The molecule has 0 bridgehead atoms. The highest BCUT2D eigenvalue weighted by molar-refractivity contribution is 7.88. The third-order valence-electron chi connectivity index (χ3n) is 4.40. The van der Waals surface area contributed by atoms with E-state index < -0.39 is 22.2 Å². The van der Waals surface area contributed by atoms with Crippen LogP contribution in [-0.4, -0.2) is 74.0 Å². The lowest BCUT2D eigenvalue weighted by Gasteiger charge is -2.50. The molecule has 3 heterocycles. The van der Waals surface area contributed by atoms with Gasteiger partial charge < -0.3 is 14.7 Å². The van der Waals surface area contributed by atoms with Gasteiger partial charge in [-0.25, -0.2) is 17.9 Å². The summed E-state index contributed by atoms with van der Waals surface area (Å²) in [5, 5.41) is 17.2. The van der Waals surface area contributed by atoms with Gasteiger partial charge in [-0.1, -0.05) is 11.3 Å². The predicted octanol–water partition coefficient (Wildman–Crippen LogP) is 1.01. The van der Waals surface area contributed by atoms with Crippen molar-refractivity contribution in [1.29, 1.82) is 0 Å². The summed E-state index contributed by atoms with van der Waals surface area (Å²) in [5.74, 6) is -2.36. The molecule has 0 aliphatic carbocycles. The minimum absolute atomic E-state index is 0.126. The van der Waals surface area contributed by atoms with E-state index in [-0.39, 0.29) is 5.60 Å². The SMILES string of the molecule is Cc1nnc(N2CC3(C2)OCCC3CCNS(C)(=O)=O)s1.O=C(O)C(F)(F)F. The zero-order valence-corrected chi connectivity index (χ0v) is 16.8. The maximum absolute atomic E-state index is 11.1. The van der Waals surface area contributed by atoms with Crippen molar-refractivity contribution in [3.63, 3.8) is 0 Å². The smallest absolute Gasteiger partial charge is 0.475 e. The highest BCUT2D eigenvalue weighted by atomic mass is 32.2. The van der Waals surface area contributed by atoms with Crippen LogP contribution in [0.1, 0.15) is 17.8 Å². The van der Waals surface area contributed by atoms with E-state index in [9.17, 15) is 21.6 Å². The number of aromatic nitrogens is 2. The van der Waals surface area contributed by atoms with Crippen LogP contribution < -0.4 is 9.62 Å². The molecular weight excluding hydrogens is 425 g/mol. The molecular formula is C14H21F3N4O5S2. The quantitative estimate of drug-likeness (QED) is 0.688. The number of carboxylic acids is 1. The Kier molecular flexibility index (Phi) is 6.89. The normalized spacial score (nSPS) is 21.2. The van der Waals surface area contributed by atoms with Crippen molar-refractivity contribution in [3.05, 3.63) is 5.01 Å². The van der Waals surface area contributed by atoms with Crippen molar-refractivity contribution >= 4 is 32.5 Å². The zero-order valence-electron chi connectivity index (χ0n) is 15.2. The largest absolute Gasteiger partial charge is 0.490 e. The Morgan fingerprint density at radius 3 is 2.50 bits per heavy atom. The fourth-order valence-corrected chi connectivity index (χ4v) is 4.28. The van der Waals surface area contributed by atoms with Crippen molar-refractivity contribution in [3.8, 4) is 0 Å². The first-order valence-corrected chi connectivity index (χ1v) is 11.0. The minimum Gasteiger partial charge on any atom is -0.475 e. The molecule has 9 nitrogen and oxygen atoms in total. The van der Waals surface area contributed by atoms with Crippen molar-refractivity contribution in [2.24, 2.45) is 5.92 Å². The molecule has 160 valence electrons. The number of hydrogen-bond donors (Lipinski definition) is 2. The highest BCUT2D eigenvalue weighted by Crippen LogP contribution is 2.43. The van der Waals surface area contributed by atoms with Crippen LogP contribution in [0.25, 0.3) is 0 Å². The third-order valence-corrected chi connectivity index (χ3v) is 6.03. The van der Waals surface area contributed by atoms with E-state index in [4.69, 9.17) is 14.6 Å². The molecule has 28 heavy (non-hydrogen) atoms. The van der Waals surface area contributed by atoms with E-state index in [1.165, 1.54) is 6.26 Å². The number of nitrogens with zero attached hydrogens (tertiary/aromatic N) is 3. The number of carboxylic acid groups (broad SMARTS) is 1. The number of rotatable bonds is 5. The van der Waals surface area contributed by atoms with Gasteiger partial charge in [0.2, 0.25) is 15.2 Å². The van der Waals surface area contributed by atoms with Crippen LogP contribution in [0.2, 0.25) is 0 Å². The number of ether oxygens (including phenoxy) is 1. The molecule has 3 rings (SSSR count). The third kappa shape index (κ3) is 5.99. The number of hydrogen-bond acceptors (Lipinski definition) is 8. The summed E-state index contributed by atoms with van der Waals surface area (Å²) in [7, 11) is -3.11. The van der Waals surface area contributed by atoms with E-state index in [2.05, 4.69) is 19.8 Å². The van der Waals surface area contributed by atoms with Crippen LogP contribution in [0.5, 0.6) is 0 Å². The highest BCUT2D eigenvalue weighted by Gasteiger charge is 2.53.